The maximum absolute atomic E-state index is 11.9. The number of amides is 1. The van der Waals surface area contributed by atoms with Gasteiger partial charge in [0.25, 0.3) is 5.91 Å². The molecule has 0 spiro atoms. The molecule has 0 aliphatic carbocycles. The molecule has 0 heterocycles. The first kappa shape index (κ1) is 15.7. The number of nitrogens with zero attached hydrogens (tertiary/aromatic N) is 1. The lowest BCUT2D eigenvalue weighted by molar-refractivity contribution is 0.0953. The lowest BCUT2D eigenvalue weighted by atomic mass is 10.1. The van der Waals surface area contributed by atoms with Crippen LogP contribution in [0.5, 0.6) is 0 Å². The number of hydrogen-bond acceptors (Lipinski definition) is 4. The Kier molecular flexibility index (Phi) is 6.56. The fourth-order valence-electron chi connectivity index (χ4n) is 1.78. The lowest BCUT2D eigenvalue weighted by Gasteiger charge is -2.15. The Bertz CT molecular complexity index is 421. The van der Waals surface area contributed by atoms with E-state index in [-0.39, 0.29) is 5.91 Å². The number of thioether (sulfide) groups is 1. The first-order valence-corrected chi connectivity index (χ1v) is 7.79. The van der Waals surface area contributed by atoms with Crippen molar-refractivity contribution in [3.63, 3.8) is 0 Å². The van der Waals surface area contributed by atoms with Crippen LogP contribution in [-0.4, -0.2) is 38.6 Å². The smallest absolute Gasteiger partial charge is 0.251 e. The molecule has 0 unspecified atom stereocenters. The van der Waals surface area contributed by atoms with Crippen LogP contribution in [0, 0.1) is 0 Å². The molecule has 1 aromatic rings. The van der Waals surface area contributed by atoms with Crippen LogP contribution >= 0.6 is 11.8 Å². The number of rotatable bonds is 7. The molecule has 0 radical (unpaired) electrons. The standard InChI is InChI=1S/C14H23N3OS/c1-17(2)13-7-6-11(10-12(13)15)14(18)16-8-4-5-9-19-3/h6-7,10H,4-5,8-9,15H2,1-3H3,(H,16,18). The number of nitrogens with two attached hydrogens (primary N) is 1. The minimum atomic E-state index is -0.0545. The summed E-state index contributed by atoms with van der Waals surface area (Å²) in [5, 5.41) is 2.92. The minimum absolute atomic E-state index is 0.0545. The molecule has 4 nitrogen and oxygen atoms in total. The van der Waals surface area contributed by atoms with Gasteiger partial charge in [-0.15, -0.1) is 0 Å². The van der Waals surface area contributed by atoms with E-state index in [2.05, 4.69) is 11.6 Å². The normalized spacial score (nSPS) is 10.3. The van der Waals surface area contributed by atoms with Crippen molar-refractivity contribution < 1.29 is 4.79 Å². The Morgan fingerprint density at radius 3 is 2.68 bits per heavy atom. The maximum Gasteiger partial charge on any atom is 0.251 e. The van der Waals surface area contributed by atoms with Crippen LogP contribution in [0.4, 0.5) is 11.4 Å². The third kappa shape index (κ3) is 5.03. The van der Waals surface area contributed by atoms with E-state index in [1.54, 1.807) is 6.07 Å². The molecule has 5 heteroatoms. The van der Waals surface area contributed by atoms with Crippen LogP contribution in [0.1, 0.15) is 23.2 Å². The second-order valence-corrected chi connectivity index (χ2v) is 5.61. The van der Waals surface area contributed by atoms with Gasteiger partial charge in [0.1, 0.15) is 0 Å². The number of anilines is 2. The van der Waals surface area contributed by atoms with E-state index in [4.69, 9.17) is 5.73 Å². The van der Waals surface area contributed by atoms with Gasteiger partial charge in [0.05, 0.1) is 11.4 Å². The zero-order chi connectivity index (χ0) is 14.3. The number of carbonyl (C=O) groups excluding carboxylic acids is 1. The van der Waals surface area contributed by atoms with Crippen molar-refractivity contribution >= 4 is 29.0 Å². The van der Waals surface area contributed by atoms with E-state index in [1.807, 2.05) is 42.9 Å². The molecule has 0 bridgehead atoms. The van der Waals surface area contributed by atoms with Gasteiger partial charge >= 0.3 is 0 Å². The molecular weight excluding hydrogens is 258 g/mol. The van der Waals surface area contributed by atoms with Gasteiger partial charge in [0, 0.05) is 26.2 Å². The highest BCUT2D eigenvalue weighted by Crippen LogP contribution is 2.22. The average Bonchev–Trinajstić information content (AvgIpc) is 2.37. The van der Waals surface area contributed by atoms with Crippen LogP contribution in [0.15, 0.2) is 18.2 Å². The van der Waals surface area contributed by atoms with Crippen molar-refractivity contribution in [3.05, 3.63) is 23.8 Å². The van der Waals surface area contributed by atoms with Gasteiger partial charge in [-0.1, -0.05) is 0 Å². The third-order valence-corrected chi connectivity index (χ3v) is 3.53. The van der Waals surface area contributed by atoms with Gasteiger partial charge in [0.2, 0.25) is 0 Å². The number of hydrogen-bond donors (Lipinski definition) is 2. The van der Waals surface area contributed by atoms with Gasteiger partial charge in [-0.3, -0.25) is 4.79 Å². The van der Waals surface area contributed by atoms with Crippen molar-refractivity contribution in [3.8, 4) is 0 Å². The van der Waals surface area contributed by atoms with Crippen molar-refractivity contribution in [1.29, 1.82) is 0 Å². The van der Waals surface area contributed by atoms with E-state index < -0.39 is 0 Å². The lowest BCUT2D eigenvalue weighted by Crippen LogP contribution is -2.24. The Morgan fingerprint density at radius 2 is 2.11 bits per heavy atom. The summed E-state index contributed by atoms with van der Waals surface area (Å²) >= 11 is 1.83. The molecule has 0 saturated heterocycles. The summed E-state index contributed by atoms with van der Waals surface area (Å²) < 4.78 is 0. The Balaban J connectivity index is 2.51. The van der Waals surface area contributed by atoms with Crippen molar-refractivity contribution in [2.24, 2.45) is 0 Å². The van der Waals surface area contributed by atoms with Crippen molar-refractivity contribution in [2.45, 2.75) is 12.8 Å². The summed E-state index contributed by atoms with van der Waals surface area (Å²) in [6, 6.07) is 5.41. The van der Waals surface area contributed by atoms with Crippen LogP contribution < -0.4 is 16.0 Å². The first-order chi connectivity index (χ1) is 9.06. The van der Waals surface area contributed by atoms with Gasteiger partial charge in [-0.05, 0) is 43.0 Å². The van der Waals surface area contributed by atoms with E-state index in [9.17, 15) is 4.79 Å². The second-order valence-electron chi connectivity index (χ2n) is 4.62. The van der Waals surface area contributed by atoms with E-state index in [0.717, 1.165) is 24.3 Å². The molecular formula is C14H23N3OS. The molecule has 1 amide bonds. The Morgan fingerprint density at radius 1 is 1.37 bits per heavy atom. The summed E-state index contributed by atoms with van der Waals surface area (Å²) in [5.74, 6) is 1.08. The molecule has 1 rings (SSSR count). The van der Waals surface area contributed by atoms with Crippen LogP contribution in [0.2, 0.25) is 0 Å². The number of nitrogen functional groups attached to an aromatic ring is 1. The predicted molar refractivity (Wildman–Crippen MR) is 85.1 cm³/mol. The van der Waals surface area contributed by atoms with Crippen LogP contribution in [-0.2, 0) is 0 Å². The molecule has 106 valence electrons. The zero-order valence-corrected chi connectivity index (χ0v) is 12.7. The molecule has 0 saturated carbocycles. The minimum Gasteiger partial charge on any atom is -0.397 e. The van der Waals surface area contributed by atoms with Gasteiger partial charge in [0.15, 0.2) is 0 Å². The van der Waals surface area contributed by atoms with E-state index >= 15 is 0 Å². The summed E-state index contributed by atoms with van der Waals surface area (Å²) in [5.41, 5.74) is 8.10. The number of carbonyl (C=O) groups is 1. The number of nitrogens with one attached hydrogen (secondary N) is 1. The molecule has 0 aromatic heterocycles. The highest BCUT2D eigenvalue weighted by molar-refractivity contribution is 7.98. The molecule has 0 atom stereocenters. The SMILES string of the molecule is CSCCCCNC(=O)c1ccc(N(C)C)c(N)c1. The average molecular weight is 281 g/mol. The van der Waals surface area contributed by atoms with Gasteiger partial charge in [-0.2, -0.15) is 11.8 Å². The molecule has 19 heavy (non-hydrogen) atoms. The fourth-order valence-corrected chi connectivity index (χ4v) is 2.27. The van der Waals surface area contributed by atoms with Crippen molar-refractivity contribution in [2.75, 3.05) is 43.3 Å². The summed E-state index contributed by atoms with van der Waals surface area (Å²) in [6.45, 7) is 0.717. The molecule has 3 N–H and O–H groups in total. The van der Waals surface area contributed by atoms with Crippen molar-refractivity contribution in [1.82, 2.24) is 5.32 Å². The molecule has 0 fully saturated rings. The largest absolute Gasteiger partial charge is 0.397 e. The topological polar surface area (TPSA) is 58.4 Å². The van der Waals surface area contributed by atoms with Gasteiger partial charge in [-0.25, -0.2) is 0 Å². The molecule has 0 aliphatic rings. The summed E-state index contributed by atoms with van der Waals surface area (Å²) in [6.07, 6.45) is 4.23. The van der Waals surface area contributed by atoms with Crippen LogP contribution in [0.3, 0.4) is 0 Å². The number of unbranched alkanes of at least 4 members (excludes halogenated alkanes) is 1. The first-order valence-electron chi connectivity index (χ1n) is 6.40. The molecule has 1 aromatic carbocycles. The van der Waals surface area contributed by atoms with E-state index in [0.29, 0.717) is 17.8 Å². The third-order valence-electron chi connectivity index (χ3n) is 2.83. The summed E-state index contributed by atoms with van der Waals surface area (Å²) in [4.78, 5) is 13.9. The monoisotopic (exact) mass is 281 g/mol. The van der Waals surface area contributed by atoms with E-state index in [1.165, 1.54) is 0 Å². The summed E-state index contributed by atoms with van der Waals surface area (Å²) in [7, 11) is 3.86. The number of benzene rings is 1. The fraction of sp³-hybridized carbons (Fsp3) is 0.500. The highest BCUT2D eigenvalue weighted by Gasteiger charge is 2.08. The highest BCUT2D eigenvalue weighted by atomic mass is 32.2. The van der Waals surface area contributed by atoms with Gasteiger partial charge < -0.3 is 16.0 Å². The predicted octanol–water partition coefficient (Wildman–Crippen LogP) is 2.21. The Hall–Kier alpha value is -1.36. The molecule has 0 aliphatic heterocycles. The zero-order valence-electron chi connectivity index (χ0n) is 11.9. The quantitative estimate of drug-likeness (QED) is 0.594. The maximum atomic E-state index is 11.9. The van der Waals surface area contributed by atoms with Crippen LogP contribution in [0.25, 0.3) is 0 Å². The second kappa shape index (κ2) is 7.94. The Labute approximate surface area is 119 Å².